The number of amides is 2. The molecule has 0 atom stereocenters. The average Bonchev–Trinajstić information content (AvgIpc) is 3.28. The molecule has 0 aliphatic rings. The maximum absolute atomic E-state index is 13.3. The minimum atomic E-state index is -0.581. The number of hydrogen-bond donors (Lipinski definition) is 0. The monoisotopic (exact) mass is 839 g/mol. The van der Waals surface area contributed by atoms with Crippen LogP contribution in [0.3, 0.4) is 0 Å². The zero-order valence-corrected chi connectivity index (χ0v) is 35.4. The summed E-state index contributed by atoms with van der Waals surface area (Å²) in [4.78, 5) is 31.6. The number of rotatable bonds is 23. The van der Waals surface area contributed by atoms with Gasteiger partial charge in [-0.2, -0.15) is 0 Å². The lowest BCUT2D eigenvalue weighted by atomic mass is 10.1. The molecule has 5 rings (SSSR count). The van der Waals surface area contributed by atoms with Gasteiger partial charge in [-0.05, 0) is 70.8 Å². The highest BCUT2D eigenvalue weighted by atomic mass is 16.8. The third kappa shape index (κ3) is 14.7. The van der Waals surface area contributed by atoms with E-state index in [9.17, 15) is 9.59 Å². The summed E-state index contributed by atoms with van der Waals surface area (Å²) in [5.41, 5.74) is 4.23. The van der Waals surface area contributed by atoms with Crippen molar-refractivity contribution in [2.24, 2.45) is 0 Å². The van der Waals surface area contributed by atoms with Crippen LogP contribution >= 0.6 is 0 Å². The van der Waals surface area contributed by atoms with Gasteiger partial charge in [-0.25, -0.2) is 9.59 Å². The standard InChI is InChI=1S/C46H53N3O12/c1-47(2)38-23-43(58-30-56-32-60-45(50)48(26-34-11-7-15-39(19-34)52-3)27-35-12-8-16-40(20-35)53-4)25-44(24-38)59-31-57-33-61-46(51)49(28-36-13-9-17-41(21-36)54-5)29-37-14-10-18-42(22-37)55-6/h7-25H,26-33H2,1-6H3. The van der Waals surface area contributed by atoms with Gasteiger partial charge in [0.25, 0.3) is 0 Å². The Hall–Kier alpha value is -6.84. The SMILES string of the molecule is COc1cccc(CN(Cc2cccc(OC)c2)C(=O)OCOCOc2cc(OCOCOC(=O)N(Cc3cccc(OC)c3)Cc3cccc(OC)c3)cc(N(C)C)c2)c1. The van der Waals surface area contributed by atoms with Crippen LogP contribution in [-0.2, 0) is 45.1 Å². The number of ether oxygens (including phenoxy) is 10. The lowest BCUT2D eigenvalue weighted by molar-refractivity contribution is -0.0793. The molecule has 61 heavy (non-hydrogen) atoms. The zero-order chi connectivity index (χ0) is 43.4. The molecule has 15 heteroatoms. The summed E-state index contributed by atoms with van der Waals surface area (Å²) in [5, 5.41) is 0. The second-order valence-electron chi connectivity index (χ2n) is 13.7. The molecule has 0 aromatic heterocycles. The Morgan fingerprint density at radius 1 is 0.426 bits per heavy atom. The summed E-state index contributed by atoms with van der Waals surface area (Å²) in [5.74, 6) is 3.58. The molecule has 0 aliphatic carbocycles. The topological polar surface area (TPSA) is 136 Å². The second kappa shape index (κ2) is 23.7. The van der Waals surface area contributed by atoms with E-state index >= 15 is 0 Å². The molecular formula is C46H53N3O12. The smallest absolute Gasteiger partial charge is 0.412 e. The Morgan fingerprint density at radius 3 is 1.05 bits per heavy atom. The molecule has 0 spiro atoms. The summed E-state index contributed by atoms with van der Waals surface area (Å²) in [7, 11) is 10.1. The van der Waals surface area contributed by atoms with Crippen LogP contribution in [-0.4, -0.2) is 91.7 Å². The van der Waals surface area contributed by atoms with E-state index in [4.69, 9.17) is 47.4 Å². The highest BCUT2D eigenvalue weighted by molar-refractivity contribution is 5.68. The van der Waals surface area contributed by atoms with Gasteiger partial charge >= 0.3 is 12.2 Å². The predicted molar refractivity (Wildman–Crippen MR) is 227 cm³/mol. The Bertz CT molecular complexity index is 1910. The van der Waals surface area contributed by atoms with Crippen LogP contribution in [0.15, 0.2) is 115 Å². The van der Waals surface area contributed by atoms with Gasteiger partial charge in [-0.3, -0.25) is 9.80 Å². The van der Waals surface area contributed by atoms with E-state index in [1.807, 2.05) is 116 Å². The number of methoxy groups -OCH3 is 4. The van der Waals surface area contributed by atoms with Gasteiger partial charge < -0.3 is 52.3 Å². The number of carbonyl (C=O) groups is 2. The summed E-state index contributed by atoms with van der Waals surface area (Å²) in [6.45, 7) is -0.0811. The minimum Gasteiger partial charge on any atom is -0.497 e. The van der Waals surface area contributed by atoms with E-state index in [2.05, 4.69) is 0 Å². The molecule has 0 unspecified atom stereocenters. The van der Waals surface area contributed by atoms with E-state index in [1.54, 1.807) is 56.4 Å². The van der Waals surface area contributed by atoms with Gasteiger partial charge in [0, 0.05) is 64.2 Å². The fourth-order valence-electron chi connectivity index (χ4n) is 5.97. The first-order valence-corrected chi connectivity index (χ1v) is 19.2. The Labute approximate surface area is 356 Å². The fraction of sp³-hybridized carbons (Fsp3) is 0.304. The van der Waals surface area contributed by atoms with Crippen LogP contribution in [0.25, 0.3) is 0 Å². The normalized spacial score (nSPS) is 10.6. The van der Waals surface area contributed by atoms with Gasteiger partial charge in [-0.15, -0.1) is 0 Å². The van der Waals surface area contributed by atoms with E-state index < -0.39 is 12.2 Å². The van der Waals surface area contributed by atoms with Crippen molar-refractivity contribution in [1.82, 2.24) is 9.80 Å². The van der Waals surface area contributed by atoms with Crippen molar-refractivity contribution in [2.45, 2.75) is 26.2 Å². The molecule has 0 fully saturated rings. The molecule has 0 heterocycles. The molecule has 0 N–H and O–H groups in total. The molecule has 5 aromatic rings. The Balaban J connectivity index is 1.11. The van der Waals surface area contributed by atoms with Crippen LogP contribution in [0.4, 0.5) is 15.3 Å². The number of carbonyl (C=O) groups excluding carboxylic acids is 2. The number of anilines is 1. The minimum absolute atomic E-state index is 0.218. The molecule has 324 valence electrons. The lowest BCUT2D eigenvalue weighted by Gasteiger charge is -2.23. The van der Waals surface area contributed by atoms with Crippen molar-refractivity contribution in [3.05, 3.63) is 138 Å². The summed E-state index contributed by atoms with van der Waals surface area (Å²) in [6, 6.07) is 35.1. The van der Waals surface area contributed by atoms with Crippen molar-refractivity contribution in [3.8, 4) is 34.5 Å². The van der Waals surface area contributed by atoms with E-state index in [1.165, 1.54) is 0 Å². The quantitative estimate of drug-likeness (QED) is 0.0464. The molecule has 0 bridgehead atoms. The lowest BCUT2D eigenvalue weighted by Crippen LogP contribution is -2.31. The molecule has 0 saturated carbocycles. The summed E-state index contributed by atoms with van der Waals surface area (Å²) < 4.78 is 55.2. The van der Waals surface area contributed by atoms with Crippen LogP contribution in [0.2, 0.25) is 0 Å². The second-order valence-corrected chi connectivity index (χ2v) is 13.7. The highest BCUT2D eigenvalue weighted by Crippen LogP contribution is 2.28. The zero-order valence-electron chi connectivity index (χ0n) is 35.4. The summed E-state index contributed by atoms with van der Waals surface area (Å²) in [6.07, 6.45) is -1.16. The number of benzene rings is 5. The van der Waals surface area contributed by atoms with Gasteiger partial charge in [0.1, 0.15) is 34.5 Å². The summed E-state index contributed by atoms with van der Waals surface area (Å²) >= 11 is 0. The molecular weight excluding hydrogens is 787 g/mol. The van der Waals surface area contributed by atoms with Crippen LogP contribution in [0.1, 0.15) is 22.3 Å². The largest absolute Gasteiger partial charge is 0.497 e. The van der Waals surface area contributed by atoms with Crippen LogP contribution in [0, 0.1) is 0 Å². The third-order valence-corrected chi connectivity index (χ3v) is 9.08. The average molecular weight is 840 g/mol. The highest BCUT2D eigenvalue weighted by Gasteiger charge is 2.19. The maximum atomic E-state index is 13.3. The molecule has 15 nitrogen and oxygen atoms in total. The van der Waals surface area contributed by atoms with Crippen molar-refractivity contribution < 1.29 is 57.0 Å². The molecule has 2 amide bonds. The molecule has 0 radical (unpaired) electrons. The molecule has 0 saturated heterocycles. The Morgan fingerprint density at radius 2 is 0.754 bits per heavy atom. The van der Waals surface area contributed by atoms with Gasteiger partial charge in [0.05, 0.1) is 28.4 Å². The van der Waals surface area contributed by atoms with Crippen molar-refractivity contribution >= 4 is 17.9 Å². The number of hydrogen-bond acceptors (Lipinski definition) is 13. The van der Waals surface area contributed by atoms with Crippen molar-refractivity contribution in [2.75, 3.05) is 74.6 Å². The molecule has 5 aromatic carbocycles. The first-order valence-electron chi connectivity index (χ1n) is 19.2. The van der Waals surface area contributed by atoms with Crippen molar-refractivity contribution in [3.63, 3.8) is 0 Å². The van der Waals surface area contributed by atoms with Crippen LogP contribution in [0.5, 0.6) is 34.5 Å². The molecule has 0 aliphatic heterocycles. The van der Waals surface area contributed by atoms with Gasteiger partial charge in [0.15, 0.2) is 27.2 Å². The van der Waals surface area contributed by atoms with Crippen molar-refractivity contribution in [1.29, 1.82) is 0 Å². The van der Waals surface area contributed by atoms with E-state index in [-0.39, 0.29) is 53.4 Å². The third-order valence-electron chi connectivity index (χ3n) is 9.08. The number of nitrogens with zero attached hydrogens (tertiary/aromatic N) is 3. The fourth-order valence-corrected chi connectivity index (χ4v) is 5.97. The van der Waals surface area contributed by atoms with Crippen LogP contribution < -0.4 is 33.3 Å². The first-order chi connectivity index (χ1) is 29.7. The predicted octanol–water partition coefficient (Wildman–Crippen LogP) is 8.09. The van der Waals surface area contributed by atoms with Gasteiger partial charge in [-0.1, -0.05) is 48.5 Å². The first kappa shape index (κ1) is 45.2. The maximum Gasteiger partial charge on any atom is 0.412 e. The van der Waals surface area contributed by atoms with E-state index in [0.29, 0.717) is 34.5 Å². The van der Waals surface area contributed by atoms with E-state index in [0.717, 1.165) is 27.9 Å². The Kier molecular flexibility index (Phi) is 17.6. The van der Waals surface area contributed by atoms with Gasteiger partial charge in [0.2, 0.25) is 0 Å².